The van der Waals surface area contributed by atoms with Crippen LogP contribution in [0.5, 0.6) is 0 Å². The van der Waals surface area contributed by atoms with Crippen LogP contribution in [0.25, 0.3) is 0 Å². The fourth-order valence-electron chi connectivity index (χ4n) is 2.21. The maximum absolute atomic E-state index is 5.89. The number of anilines is 1. The molecule has 0 spiro atoms. The fourth-order valence-corrected chi connectivity index (χ4v) is 2.21. The molecule has 0 radical (unpaired) electrons. The summed E-state index contributed by atoms with van der Waals surface area (Å²) in [4.78, 5) is 6.66. The summed E-state index contributed by atoms with van der Waals surface area (Å²) in [5, 5.41) is 0. The predicted molar refractivity (Wildman–Crippen MR) is 63.9 cm³/mol. The van der Waals surface area contributed by atoms with Crippen molar-refractivity contribution in [3.8, 4) is 0 Å². The Morgan fingerprint density at radius 1 is 1.44 bits per heavy atom. The van der Waals surface area contributed by atoms with Crippen molar-refractivity contribution in [2.45, 2.75) is 32.6 Å². The van der Waals surface area contributed by atoms with Crippen LogP contribution in [0.15, 0.2) is 18.3 Å². The van der Waals surface area contributed by atoms with Crippen molar-refractivity contribution in [2.24, 2.45) is 0 Å². The molecular formula is C12H19N3O. The summed E-state index contributed by atoms with van der Waals surface area (Å²) < 4.78 is 5.69. The maximum Gasteiger partial charge on any atom is 0.0772 e. The molecule has 4 heteroatoms. The van der Waals surface area contributed by atoms with E-state index >= 15 is 0 Å². The van der Waals surface area contributed by atoms with Gasteiger partial charge < -0.3 is 10.5 Å². The van der Waals surface area contributed by atoms with Gasteiger partial charge in [-0.15, -0.1) is 0 Å². The van der Waals surface area contributed by atoms with Gasteiger partial charge in [0.1, 0.15) is 0 Å². The number of pyridine rings is 1. The van der Waals surface area contributed by atoms with E-state index in [2.05, 4.69) is 23.7 Å². The SMILES string of the molecule is CC1CN(Cc2ncccc2N)CC(C)O1. The van der Waals surface area contributed by atoms with Gasteiger partial charge >= 0.3 is 0 Å². The largest absolute Gasteiger partial charge is 0.397 e. The maximum atomic E-state index is 5.89. The van der Waals surface area contributed by atoms with Gasteiger partial charge in [-0.1, -0.05) is 0 Å². The topological polar surface area (TPSA) is 51.4 Å². The zero-order valence-corrected chi connectivity index (χ0v) is 9.89. The number of nitrogens with two attached hydrogens (primary N) is 1. The number of aromatic nitrogens is 1. The molecule has 1 saturated heterocycles. The molecule has 1 aromatic heterocycles. The third kappa shape index (κ3) is 2.71. The van der Waals surface area contributed by atoms with Gasteiger partial charge in [-0.25, -0.2) is 0 Å². The lowest BCUT2D eigenvalue weighted by Gasteiger charge is -2.35. The van der Waals surface area contributed by atoms with E-state index in [1.165, 1.54) is 0 Å². The smallest absolute Gasteiger partial charge is 0.0772 e. The van der Waals surface area contributed by atoms with Crippen LogP contribution >= 0.6 is 0 Å². The lowest BCUT2D eigenvalue weighted by Crippen LogP contribution is -2.45. The summed E-state index contributed by atoms with van der Waals surface area (Å²) in [5.74, 6) is 0. The zero-order valence-electron chi connectivity index (χ0n) is 9.89. The molecule has 2 atom stereocenters. The van der Waals surface area contributed by atoms with Gasteiger partial charge in [0.2, 0.25) is 0 Å². The van der Waals surface area contributed by atoms with Crippen molar-refractivity contribution in [1.29, 1.82) is 0 Å². The Hall–Kier alpha value is -1.13. The molecule has 4 nitrogen and oxygen atoms in total. The molecule has 1 aliphatic rings. The third-order valence-corrected chi connectivity index (χ3v) is 2.79. The molecule has 0 bridgehead atoms. The van der Waals surface area contributed by atoms with E-state index in [1.807, 2.05) is 12.1 Å². The van der Waals surface area contributed by atoms with Gasteiger partial charge in [0, 0.05) is 25.8 Å². The summed E-state index contributed by atoms with van der Waals surface area (Å²) in [6.07, 6.45) is 2.36. The number of nitrogens with zero attached hydrogens (tertiary/aromatic N) is 2. The van der Waals surface area contributed by atoms with Crippen molar-refractivity contribution >= 4 is 5.69 Å². The normalized spacial score (nSPS) is 26.9. The molecule has 0 aliphatic carbocycles. The molecule has 2 unspecified atom stereocenters. The Balaban J connectivity index is 2.02. The van der Waals surface area contributed by atoms with Gasteiger partial charge in [0.05, 0.1) is 23.6 Å². The minimum absolute atomic E-state index is 0.286. The van der Waals surface area contributed by atoms with E-state index in [0.717, 1.165) is 31.0 Å². The number of ether oxygens (including phenoxy) is 1. The minimum Gasteiger partial charge on any atom is -0.397 e. The first kappa shape index (κ1) is 11.4. The highest BCUT2D eigenvalue weighted by atomic mass is 16.5. The molecule has 2 N–H and O–H groups in total. The van der Waals surface area contributed by atoms with Crippen molar-refractivity contribution in [3.63, 3.8) is 0 Å². The molecule has 16 heavy (non-hydrogen) atoms. The summed E-state index contributed by atoms with van der Waals surface area (Å²) >= 11 is 0. The summed E-state index contributed by atoms with van der Waals surface area (Å²) in [5.41, 5.74) is 7.62. The summed E-state index contributed by atoms with van der Waals surface area (Å²) in [7, 11) is 0. The predicted octanol–water partition coefficient (Wildman–Crippen LogP) is 1.27. The van der Waals surface area contributed by atoms with Gasteiger partial charge in [0.15, 0.2) is 0 Å². The molecule has 0 amide bonds. The quantitative estimate of drug-likeness (QED) is 0.817. The first-order valence-corrected chi connectivity index (χ1v) is 5.72. The molecule has 0 saturated carbocycles. The molecule has 2 rings (SSSR count). The monoisotopic (exact) mass is 221 g/mol. The minimum atomic E-state index is 0.286. The van der Waals surface area contributed by atoms with Crippen LogP contribution in [0.2, 0.25) is 0 Å². The summed E-state index contributed by atoms with van der Waals surface area (Å²) in [6, 6.07) is 3.76. The Bertz CT molecular complexity index is 346. The first-order chi connectivity index (χ1) is 7.65. The number of rotatable bonds is 2. The second kappa shape index (κ2) is 4.80. The number of nitrogen functional groups attached to an aromatic ring is 1. The van der Waals surface area contributed by atoms with Gasteiger partial charge in [0.25, 0.3) is 0 Å². The molecule has 1 aliphatic heterocycles. The highest BCUT2D eigenvalue weighted by molar-refractivity contribution is 5.41. The molecule has 2 heterocycles. The molecule has 1 fully saturated rings. The van der Waals surface area contributed by atoms with E-state index in [-0.39, 0.29) is 12.2 Å². The molecule has 0 aromatic carbocycles. The van der Waals surface area contributed by atoms with Crippen LogP contribution in [0.3, 0.4) is 0 Å². The van der Waals surface area contributed by atoms with Crippen LogP contribution in [0, 0.1) is 0 Å². The first-order valence-electron chi connectivity index (χ1n) is 5.72. The van der Waals surface area contributed by atoms with Gasteiger partial charge in [-0.3, -0.25) is 9.88 Å². The van der Waals surface area contributed by atoms with Crippen LogP contribution in [-0.4, -0.2) is 35.2 Å². The molecule has 1 aromatic rings. The summed E-state index contributed by atoms with van der Waals surface area (Å²) in [6.45, 7) is 6.90. The molecular weight excluding hydrogens is 202 g/mol. The number of hydrogen-bond donors (Lipinski definition) is 1. The van der Waals surface area contributed by atoms with Crippen LogP contribution in [-0.2, 0) is 11.3 Å². The number of hydrogen-bond acceptors (Lipinski definition) is 4. The van der Waals surface area contributed by atoms with E-state index < -0.39 is 0 Å². The standard InChI is InChI=1S/C12H19N3O/c1-9-6-15(7-10(2)16-9)8-12-11(13)4-3-5-14-12/h3-5,9-10H,6-8,13H2,1-2H3. The van der Waals surface area contributed by atoms with E-state index in [4.69, 9.17) is 10.5 Å². The zero-order chi connectivity index (χ0) is 11.5. The average Bonchev–Trinajstić information content (AvgIpc) is 2.20. The van der Waals surface area contributed by atoms with E-state index in [0.29, 0.717) is 0 Å². The van der Waals surface area contributed by atoms with Crippen molar-refractivity contribution in [2.75, 3.05) is 18.8 Å². The average molecular weight is 221 g/mol. The Morgan fingerprint density at radius 2 is 2.12 bits per heavy atom. The highest BCUT2D eigenvalue weighted by Gasteiger charge is 2.22. The van der Waals surface area contributed by atoms with Gasteiger partial charge in [-0.05, 0) is 26.0 Å². The van der Waals surface area contributed by atoms with Crippen LogP contribution in [0.1, 0.15) is 19.5 Å². The Labute approximate surface area is 96.4 Å². The van der Waals surface area contributed by atoms with Crippen molar-refractivity contribution in [3.05, 3.63) is 24.0 Å². The second-order valence-electron chi connectivity index (χ2n) is 4.49. The van der Waals surface area contributed by atoms with Gasteiger partial charge in [-0.2, -0.15) is 0 Å². The molecule has 88 valence electrons. The fraction of sp³-hybridized carbons (Fsp3) is 0.583. The van der Waals surface area contributed by atoms with Crippen LogP contribution in [0.4, 0.5) is 5.69 Å². The highest BCUT2D eigenvalue weighted by Crippen LogP contribution is 2.15. The number of morpholine rings is 1. The lowest BCUT2D eigenvalue weighted by atomic mass is 10.2. The lowest BCUT2D eigenvalue weighted by molar-refractivity contribution is -0.0707. The van der Waals surface area contributed by atoms with E-state index in [9.17, 15) is 0 Å². The third-order valence-electron chi connectivity index (χ3n) is 2.79. The van der Waals surface area contributed by atoms with Crippen LogP contribution < -0.4 is 5.73 Å². The Morgan fingerprint density at radius 3 is 2.75 bits per heavy atom. The van der Waals surface area contributed by atoms with E-state index in [1.54, 1.807) is 6.20 Å². The van der Waals surface area contributed by atoms with Crippen molar-refractivity contribution in [1.82, 2.24) is 9.88 Å². The van der Waals surface area contributed by atoms with Crippen molar-refractivity contribution < 1.29 is 4.74 Å². The Kier molecular flexibility index (Phi) is 3.41. The second-order valence-corrected chi connectivity index (χ2v) is 4.49.